The number of benzene rings is 2. The molecule has 0 atom stereocenters. The fraction of sp³-hybridized carbons (Fsp3) is 0.235. The standard InChI is InChI=1S/C17H17FN4O2S/c1-3-24-16-7-5-4-6-14(16)22-17(19-20-21-22)25-11-12-8-9-15(23-2)13(18)10-12/h4-10H,3,11H2,1-2H3. The number of rotatable bonds is 7. The van der Waals surface area contributed by atoms with Crippen LogP contribution >= 0.6 is 11.8 Å². The number of aromatic nitrogens is 4. The lowest BCUT2D eigenvalue weighted by Crippen LogP contribution is -2.03. The zero-order chi connectivity index (χ0) is 17.6. The van der Waals surface area contributed by atoms with Gasteiger partial charge in [-0.3, -0.25) is 0 Å². The molecule has 0 spiro atoms. The van der Waals surface area contributed by atoms with E-state index in [1.54, 1.807) is 10.7 Å². The van der Waals surface area contributed by atoms with Gasteiger partial charge < -0.3 is 9.47 Å². The van der Waals surface area contributed by atoms with E-state index in [9.17, 15) is 4.39 Å². The molecule has 0 N–H and O–H groups in total. The van der Waals surface area contributed by atoms with Crippen LogP contribution in [0.2, 0.25) is 0 Å². The number of hydrogen-bond acceptors (Lipinski definition) is 6. The zero-order valence-electron chi connectivity index (χ0n) is 13.8. The van der Waals surface area contributed by atoms with Crippen molar-refractivity contribution in [2.24, 2.45) is 0 Å². The first kappa shape index (κ1) is 17.2. The first-order valence-electron chi connectivity index (χ1n) is 7.68. The molecule has 0 aliphatic carbocycles. The molecule has 8 heteroatoms. The Morgan fingerprint density at radius 3 is 2.76 bits per heavy atom. The van der Waals surface area contributed by atoms with E-state index in [-0.39, 0.29) is 11.6 Å². The molecule has 1 heterocycles. The highest BCUT2D eigenvalue weighted by Crippen LogP contribution is 2.28. The number of hydrogen-bond donors (Lipinski definition) is 0. The maximum absolute atomic E-state index is 13.8. The summed E-state index contributed by atoms with van der Waals surface area (Å²) in [6.45, 7) is 2.47. The van der Waals surface area contributed by atoms with Gasteiger partial charge in [0.1, 0.15) is 11.4 Å². The molecule has 0 saturated carbocycles. The second-order valence-corrected chi connectivity index (χ2v) is 5.97. The predicted molar refractivity (Wildman–Crippen MR) is 92.8 cm³/mol. The first-order valence-corrected chi connectivity index (χ1v) is 8.67. The molecular weight excluding hydrogens is 343 g/mol. The molecule has 25 heavy (non-hydrogen) atoms. The van der Waals surface area contributed by atoms with Crippen molar-refractivity contribution in [2.45, 2.75) is 17.8 Å². The summed E-state index contributed by atoms with van der Waals surface area (Å²) >= 11 is 1.41. The minimum atomic E-state index is -0.387. The molecule has 0 aliphatic rings. The molecule has 6 nitrogen and oxygen atoms in total. The molecule has 0 bridgehead atoms. The highest BCUT2D eigenvalue weighted by Gasteiger charge is 2.14. The first-order chi connectivity index (χ1) is 12.2. The maximum Gasteiger partial charge on any atom is 0.214 e. The molecule has 0 saturated heterocycles. The quantitative estimate of drug-likeness (QED) is 0.601. The molecule has 3 aromatic rings. The third-order valence-electron chi connectivity index (χ3n) is 3.42. The SMILES string of the molecule is CCOc1ccccc1-n1nnnc1SCc1ccc(OC)c(F)c1. The van der Waals surface area contributed by atoms with Gasteiger partial charge in [-0.25, -0.2) is 4.39 Å². The summed E-state index contributed by atoms with van der Waals surface area (Å²) in [7, 11) is 1.44. The average Bonchev–Trinajstić information content (AvgIpc) is 3.09. The summed E-state index contributed by atoms with van der Waals surface area (Å²) in [4.78, 5) is 0. The fourth-order valence-corrected chi connectivity index (χ4v) is 3.10. The van der Waals surface area contributed by atoms with Crippen LogP contribution in [0.3, 0.4) is 0 Å². The summed E-state index contributed by atoms with van der Waals surface area (Å²) in [5, 5.41) is 12.5. The number of ether oxygens (including phenoxy) is 2. The smallest absolute Gasteiger partial charge is 0.214 e. The van der Waals surface area contributed by atoms with E-state index in [1.165, 1.54) is 24.9 Å². The van der Waals surface area contributed by atoms with E-state index < -0.39 is 0 Å². The lowest BCUT2D eigenvalue weighted by Gasteiger charge is -2.10. The van der Waals surface area contributed by atoms with Gasteiger partial charge in [-0.1, -0.05) is 30.0 Å². The van der Waals surface area contributed by atoms with Crippen molar-refractivity contribution in [3.05, 3.63) is 53.8 Å². The van der Waals surface area contributed by atoms with Crippen molar-refractivity contribution in [2.75, 3.05) is 13.7 Å². The number of thioether (sulfide) groups is 1. The Kier molecular flexibility index (Phi) is 5.49. The molecule has 0 aliphatic heterocycles. The molecule has 2 aromatic carbocycles. The van der Waals surface area contributed by atoms with Crippen LogP contribution in [0.4, 0.5) is 4.39 Å². The number of methoxy groups -OCH3 is 1. The topological polar surface area (TPSA) is 62.1 Å². The molecule has 0 unspecified atom stereocenters. The average molecular weight is 360 g/mol. The van der Waals surface area contributed by atoms with E-state index >= 15 is 0 Å². The molecule has 3 rings (SSSR count). The Balaban J connectivity index is 1.80. The van der Waals surface area contributed by atoms with Crippen LogP contribution in [0.25, 0.3) is 5.69 Å². The molecular formula is C17H17FN4O2S. The zero-order valence-corrected chi connectivity index (χ0v) is 14.7. The molecule has 0 amide bonds. The van der Waals surface area contributed by atoms with E-state index in [0.29, 0.717) is 23.3 Å². The van der Waals surface area contributed by atoms with Crippen molar-refractivity contribution >= 4 is 11.8 Å². The Morgan fingerprint density at radius 1 is 1.16 bits per heavy atom. The van der Waals surface area contributed by atoms with Crippen molar-refractivity contribution in [1.82, 2.24) is 20.2 Å². The van der Waals surface area contributed by atoms with Gasteiger partial charge in [-0.15, -0.1) is 5.10 Å². The Bertz CT molecular complexity index is 856. The second-order valence-electron chi connectivity index (χ2n) is 5.03. The normalized spacial score (nSPS) is 10.7. The van der Waals surface area contributed by atoms with Gasteiger partial charge in [0.15, 0.2) is 11.6 Å². The largest absolute Gasteiger partial charge is 0.494 e. The summed E-state index contributed by atoms with van der Waals surface area (Å²) in [5.41, 5.74) is 1.58. The second kappa shape index (κ2) is 7.98. The molecule has 130 valence electrons. The molecule has 0 radical (unpaired) electrons. The maximum atomic E-state index is 13.8. The Labute approximate surface area is 149 Å². The number of para-hydroxylation sites is 2. The van der Waals surface area contributed by atoms with Crippen molar-refractivity contribution in [3.63, 3.8) is 0 Å². The molecule has 0 fully saturated rings. The third-order valence-corrected chi connectivity index (χ3v) is 4.41. The van der Waals surface area contributed by atoms with Crippen LogP contribution in [0.15, 0.2) is 47.6 Å². The molecule has 1 aromatic heterocycles. The summed E-state index contributed by atoms with van der Waals surface area (Å²) < 4.78 is 26.0. The van der Waals surface area contributed by atoms with Gasteiger partial charge in [0.05, 0.1) is 13.7 Å². The van der Waals surface area contributed by atoms with Gasteiger partial charge >= 0.3 is 0 Å². The van der Waals surface area contributed by atoms with E-state index in [2.05, 4.69) is 15.5 Å². The van der Waals surface area contributed by atoms with Crippen LogP contribution in [0.5, 0.6) is 11.5 Å². The Morgan fingerprint density at radius 2 is 2.00 bits per heavy atom. The summed E-state index contributed by atoms with van der Waals surface area (Å²) in [6, 6.07) is 12.4. The van der Waals surface area contributed by atoms with Crippen LogP contribution in [-0.2, 0) is 5.75 Å². The highest BCUT2D eigenvalue weighted by atomic mass is 32.2. The third kappa shape index (κ3) is 3.90. The lowest BCUT2D eigenvalue weighted by atomic mass is 10.2. The monoisotopic (exact) mass is 360 g/mol. The van der Waals surface area contributed by atoms with Crippen LogP contribution in [0, 0.1) is 5.82 Å². The van der Waals surface area contributed by atoms with E-state index in [4.69, 9.17) is 9.47 Å². The van der Waals surface area contributed by atoms with Gasteiger partial charge in [-0.2, -0.15) is 4.68 Å². The van der Waals surface area contributed by atoms with E-state index in [1.807, 2.05) is 37.3 Å². The predicted octanol–water partition coefficient (Wildman–Crippen LogP) is 3.50. The number of halogens is 1. The van der Waals surface area contributed by atoms with Gasteiger partial charge in [0, 0.05) is 5.75 Å². The highest BCUT2D eigenvalue weighted by molar-refractivity contribution is 7.98. The minimum absolute atomic E-state index is 0.226. The fourth-order valence-electron chi connectivity index (χ4n) is 2.28. The Hall–Kier alpha value is -2.61. The van der Waals surface area contributed by atoms with Crippen LogP contribution in [-0.4, -0.2) is 33.9 Å². The van der Waals surface area contributed by atoms with Crippen molar-refractivity contribution < 1.29 is 13.9 Å². The van der Waals surface area contributed by atoms with E-state index in [0.717, 1.165) is 11.3 Å². The number of tetrazole rings is 1. The minimum Gasteiger partial charge on any atom is -0.494 e. The van der Waals surface area contributed by atoms with Gasteiger partial charge in [-0.05, 0) is 47.2 Å². The van der Waals surface area contributed by atoms with Crippen molar-refractivity contribution in [1.29, 1.82) is 0 Å². The van der Waals surface area contributed by atoms with Crippen LogP contribution in [0.1, 0.15) is 12.5 Å². The summed E-state index contributed by atoms with van der Waals surface area (Å²) in [5.74, 6) is 1.07. The van der Waals surface area contributed by atoms with Crippen LogP contribution < -0.4 is 9.47 Å². The van der Waals surface area contributed by atoms with Crippen molar-refractivity contribution in [3.8, 4) is 17.2 Å². The van der Waals surface area contributed by atoms with Gasteiger partial charge in [0.25, 0.3) is 0 Å². The number of nitrogens with zero attached hydrogens (tertiary/aromatic N) is 4. The van der Waals surface area contributed by atoms with Gasteiger partial charge in [0.2, 0.25) is 5.16 Å². The lowest BCUT2D eigenvalue weighted by molar-refractivity contribution is 0.337. The summed E-state index contributed by atoms with van der Waals surface area (Å²) in [6.07, 6.45) is 0.